The molecule has 0 aromatic carbocycles. The minimum Gasteiger partial charge on any atom is -0.384 e. The van der Waals surface area contributed by atoms with Gasteiger partial charge in [0.15, 0.2) is 5.78 Å². The van der Waals surface area contributed by atoms with Crippen molar-refractivity contribution in [2.75, 3.05) is 36.8 Å². The second-order valence-electron chi connectivity index (χ2n) is 6.72. The van der Waals surface area contributed by atoms with Crippen LogP contribution in [0.25, 0.3) is 0 Å². The third kappa shape index (κ3) is 3.37. The molecule has 9 nitrogen and oxygen atoms in total. The second kappa shape index (κ2) is 7.36. The van der Waals surface area contributed by atoms with Crippen LogP contribution in [0, 0.1) is 0 Å². The number of ketones is 1. The molecule has 0 bridgehead atoms. The molecule has 2 aromatic rings. The molecular weight excluding hydrogens is 348 g/mol. The maximum Gasteiger partial charge on any atom is 0.332 e. The Balaban J connectivity index is 1.78. The summed E-state index contributed by atoms with van der Waals surface area (Å²) in [4.78, 5) is 45.9. The van der Waals surface area contributed by atoms with Crippen LogP contribution in [0.2, 0.25) is 0 Å². The van der Waals surface area contributed by atoms with Gasteiger partial charge in [-0.15, -0.1) is 0 Å². The van der Waals surface area contributed by atoms with Crippen LogP contribution in [0.1, 0.15) is 17.3 Å². The number of Topliss-reactive ketones (excluding diaryl/α,β-unsaturated/α-hetero) is 1. The van der Waals surface area contributed by atoms with E-state index in [1.54, 1.807) is 13.1 Å². The zero-order valence-electron chi connectivity index (χ0n) is 15.8. The van der Waals surface area contributed by atoms with Gasteiger partial charge in [-0.3, -0.25) is 23.6 Å². The molecule has 1 aliphatic rings. The standard InChI is InChI=1S/C18H24N6O3/c1-12(15(25)14-16(19)21(2)18(27)22(3)17(14)26)23-8-10-24(11-9-23)13-6-4-5-7-20-13/h4-7,12H,8-11,19H2,1-3H3. The number of aromatic nitrogens is 3. The topological polar surface area (TPSA) is 106 Å². The van der Waals surface area contributed by atoms with E-state index in [4.69, 9.17) is 5.73 Å². The normalized spacial score (nSPS) is 16.3. The maximum atomic E-state index is 13.0. The van der Waals surface area contributed by atoms with Crippen molar-refractivity contribution in [3.05, 3.63) is 50.8 Å². The summed E-state index contributed by atoms with van der Waals surface area (Å²) in [7, 11) is 2.79. The van der Waals surface area contributed by atoms with E-state index in [1.165, 1.54) is 14.1 Å². The first-order valence-corrected chi connectivity index (χ1v) is 8.82. The summed E-state index contributed by atoms with van der Waals surface area (Å²) in [5.74, 6) is 0.453. The number of piperazine rings is 1. The van der Waals surface area contributed by atoms with Crippen molar-refractivity contribution in [1.82, 2.24) is 19.0 Å². The third-order valence-corrected chi connectivity index (χ3v) is 5.17. The molecular formula is C18H24N6O3. The van der Waals surface area contributed by atoms with Crippen molar-refractivity contribution in [3.63, 3.8) is 0 Å². The average molecular weight is 372 g/mol. The fraction of sp³-hybridized carbons (Fsp3) is 0.444. The SMILES string of the molecule is CC(C(=O)c1c(N)n(C)c(=O)n(C)c1=O)N1CCN(c2ccccn2)CC1. The summed E-state index contributed by atoms with van der Waals surface area (Å²) in [5.41, 5.74) is 4.58. The zero-order chi connectivity index (χ0) is 19.7. The molecule has 1 saturated heterocycles. The van der Waals surface area contributed by atoms with Gasteiger partial charge in [0.25, 0.3) is 5.56 Å². The lowest BCUT2D eigenvalue weighted by Crippen LogP contribution is -2.53. The number of nitrogens with zero attached hydrogens (tertiary/aromatic N) is 5. The minimum atomic E-state index is -0.653. The number of nitrogens with two attached hydrogens (primary N) is 1. The largest absolute Gasteiger partial charge is 0.384 e. The molecule has 0 radical (unpaired) electrons. The number of hydrogen-bond donors (Lipinski definition) is 1. The first kappa shape index (κ1) is 18.8. The fourth-order valence-corrected chi connectivity index (χ4v) is 3.35. The molecule has 3 heterocycles. The van der Waals surface area contributed by atoms with Gasteiger partial charge in [-0.05, 0) is 19.1 Å². The van der Waals surface area contributed by atoms with Gasteiger partial charge in [-0.2, -0.15) is 0 Å². The fourth-order valence-electron chi connectivity index (χ4n) is 3.35. The highest BCUT2D eigenvalue weighted by Crippen LogP contribution is 2.16. The summed E-state index contributed by atoms with van der Waals surface area (Å²) in [6, 6.07) is 5.26. The first-order chi connectivity index (χ1) is 12.8. The predicted octanol–water partition coefficient (Wildman–Crippen LogP) is -0.545. The molecule has 1 atom stereocenters. The Bertz CT molecular complexity index is 958. The van der Waals surface area contributed by atoms with Gasteiger partial charge in [0.05, 0.1) is 6.04 Å². The maximum absolute atomic E-state index is 13.0. The smallest absolute Gasteiger partial charge is 0.332 e. The van der Waals surface area contributed by atoms with Crippen molar-refractivity contribution in [2.24, 2.45) is 14.1 Å². The number of rotatable bonds is 4. The summed E-state index contributed by atoms with van der Waals surface area (Å²) >= 11 is 0. The second-order valence-corrected chi connectivity index (χ2v) is 6.72. The molecule has 0 amide bonds. The minimum absolute atomic E-state index is 0.0907. The Hall–Kier alpha value is -2.94. The van der Waals surface area contributed by atoms with E-state index < -0.39 is 17.3 Å². The highest BCUT2D eigenvalue weighted by atomic mass is 16.2. The molecule has 0 spiro atoms. The molecule has 1 aliphatic heterocycles. The van der Waals surface area contributed by atoms with E-state index in [-0.39, 0.29) is 17.2 Å². The van der Waals surface area contributed by atoms with Crippen LogP contribution < -0.4 is 21.9 Å². The number of hydrogen-bond acceptors (Lipinski definition) is 7. The van der Waals surface area contributed by atoms with E-state index in [2.05, 4.69) is 9.88 Å². The number of anilines is 2. The summed E-state index contributed by atoms with van der Waals surface area (Å²) in [5, 5.41) is 0. The molecule has 1 unspecified atom stereocenters. The number of carbonyl (C=O) groups is 1. The Labute approximate surface area is 156 Å². The van der Waals surface area contributed by atoms with Gasteiger partial charge in [-0.25, -0.2) is 9.78 Å². The van der Waals surface area contributed by atoms with Crippen LogP contribution in [0.4, 0.5) is 11.6 Å². The van der Waals surface area contributed by atoms with Crippen LogP contribution in [0.15, 0.2) is 34.0 Å². The quantitative estimate of drug-likeness (QED) is 0.718. The molecule has 3 rings (SSSR count). The van der Waals surface area contributed by atoms with E-state index in [1.807, 2.05) is 23.1 Å². The molecule has 0 saturated carbocycles. The summed E-state index contributed by atoms with van der Waals surface area (Å²) in [6.07, 6.45) is 1.76. The Kier molecular flexibility index (Phi) is 5.13. The monoisotopic (exact) mass is 372 g/mol. The molecule has 27 heavy (non-hydrogen) atoms. The first-order valence-electron chi connectivity index (χ1n) is 8.82. The molecule has 1 fully saturated rings. The molecule has 9 heteroatoms. The van der Waals surface area contributed by atoms with Crippen molar-refractivity contribution in [1.29, 1.82) is 0 Å². The lowest BCUT2D eigenvalue weighted by Gasteiger charge is -2.38. The Morgan fingerprint density at radius 2 is 1.78 bits per heavy atom. The van der Waals surface area contributed by atoms with E-state index in [9.17, 15) is 14.4 Å². The van der Waals surface area contributed by atoms with Crippen LogP contribution >= 0.6 is 0 Å². The highest BCUT2D eigenvalue weighted by Gasteiger charge is 2.30. The zero-order valence-corrected chi connectivity index (χ0v) is 15.8. The lowest BCUT2D eigenvalue weighted by molar-refractivity contribution is 0.0827. The Morgan fingerprint density at radius 3 is 2.37 bits per heavy atom. The van der Waals surface area contributed by atoms with E-state index in [0.29, 0.717) is 13.1 Å². The number of nitrogen functional groups attached to an aromatic ring is 1. The molecule has 2 N–H and O–H groups in total. The van der Waals surface area contributed by atoms with Crippen molar-refractivity contribution >= 4 is 17.4 Å². The molecule has 144 valence electrons. The summed E-state index contributed by atoms with van der Waals surface area (Å²) in [6.45, 7) is 4.55. The van der Waals surface area contributed by atoms with Crippen LogP contribution in [-0.2, 0) is 14.1 Å². The predicted molar refractivity (Wildman–Crippen MR) is 103 cm³/mol. The Morgan fingerprint density at radius 1 is 1.11 bits per heavy atom. The average Bonchev–Trinajstić information content (AvgIpc) is 2.71. The third-order valence-electron chi connectivity index (χ3n) is 5.17. The van der Waals surface area contributed by atoms with Gasteiger partial charge in [0.2, 0.25) is 0 Å². The summed E-state index contributed by atoms with van der Waals surface area (Å²) < 4.78 is 2.04. The van der Waals surface area contributed by atoms with Crippen LogP contribution in [0.3, 0.4) is 0 Å². The number of pyridine rings is 1. The van der Waals surface area contributed by atoms with Gasteiger partial charge in [-0.1, -0.05) is 6.07 Å². The van der Waals surface area contributed by atoms with E-state index >= 15 is 0 Å². The highest BCUT2D eigenvalue weighted by molar-refractivity contribution is 6.03. The van der Waals surface area contributed by atoms with Gasteiger partial charge < -0.3 is 10.6 Å². The van der Waals surface area contributed by atoms with Crippen LogP contribution in [0.5, 0.6) is 0 Å². The van der Waals surface area contributed by atoms with Crippen molar-refractivity contribution in [2.45, 2.75) is 13.0 Å². The van der Waals surface area contributed by atoms with Gasteiger partial charge in [0, 0.05) is 46.5 Å². The molecule has 0 aliphatic carbocycles. The van der Waals surface area contributed by atoms with Gasteiger partial charge in [0.1, 0.15) is 17.2 Å². The van der Waals surface area contributed by atoms with E-state index in [0.717, 1.165) is 28.0 Å². The van der Waals surface area contributed by atoms with Gasteiger partial charge >= 0.3 is 5.69 Å². The molecule has 2 aromatic heterocycles. The van der Waals surface area contributed by atoms with Crippen LogP contribution in [-0.4, -0.2) is 57.0 Å². The number of carbonyl (C=O) groups excluding carboxylic acids is 1. The van der Waals surface area contributed by atoms with Crippen molar-refractivity contribution < 1.29 is 4.79 Å². The lowest BCUT2D eigenvalue weighted by atomic mass is 10.0. The van der Waals surface area contributed by atoms with Crippen molar-refractivity contribution in [3.8, 4) is 0 Å².